The molecule has 7 heteroatoms. The second-order valence-corrected chi connectivity index (χ2v) is 7.96. The van der Waals surface area contributed by atoms with Crippen LogP contribution in [0.4, 0.5) is 0 Å². The lowest BCUT2D eigenvalue weighted by atomic mass is 10.0. The number of para-hydroxylation sites is 1. The summed E-state index contributed by atoms with van der Waals surface area (Å²) < 4.78 is 11.2. The molecular weight excluding hydrogens is 406 g/mol. The van der Waals surface area contributed by atoms with E-state index in [-0.39, 0.29) is 24.3 Å². The second kappa shape index (κ2) is 13.1. The molecule has 32 heavy (non-hydrogen) atoms. The standard InChI is InChI=1S/C25H33N3O4/c1-5-13-31-21-11-8-10-20(15-21)16-26-28-25(30)22(14-18(2)3)27-24(29)17-32-23-12-7-6-9-19(23)4/h6-12,15-16,18,22H,5,13-14,17H2,1-4H3,(H,27,29)(H,28,30)/b26-16-/t22-/m1/s1. The number of rotatable bonds is 12. The molecule has 172 valence electrons. The molecule has 0 aromatic heterocycles. The van der Waals surface area contributed by atoms with Gasteiger partial charge in [0.2, 0.25) is 0 Å². The second-order valence-electron chi connectivity index (χ2n) is 7.96. The Morgan fingerprint density at radius 2 is 1.88 bits per heavy atom. The fourth-order valence-electron chi connectivity index (χ4n) is 2.95. The van der Waals surface area contributed by atoms with Crippen molar-refractivity contribution in [2.45, 2.75) is 46.6 Å². The molecule has 0 saturated carbocycles. The highest BCUT2D eigenvalue weighted by atomic mass is 16.5. The van der Waals surface area contributed by atoms with E-state index >= 15 is 0 Å². The molecule has 7 nitrogen and oxygen atoms in total. The van der Waals surface area contributed by atoms with Gasteiger partial charge in [0.1, 0.15) is 17.5 Å². The fraction of sp³-hybridized carbons (Fsp3) is 0.400. The van der Waals surface area contributed by atoms with Gasteiger partial charge in [0.25, 0.3) is 11.8 Å². The molecule has 2 aromatic rings. The van der Waals surface area contributed by atoms with Crippen LogP contribution in [0, 0.1) is 12.8 Å². The molecule has 0 bridgehead atoms. The fourth-order valence-corrected chi connectivity index (χ4v) is 2.95. The molecule has 0 aliphatic rings. The van der Waals surface area contributed by atoms with Crippen molar-refractivity contribution in [3.63, 3.8) is 0 Å². The molecular formula is C25H33N3O4. The van der Waals surface area contributed by atoms with Crippen molar-refractivity contribution < 1.29 is 19.1 Å². The average Bonchev–Trinajstić information content (AvgIpc) is 2.76. The molecule has 2 rings (SSSR count). The van der Waals surface area contributed by atoms with Gasteiger partial charge in [-0.25, -0.2) is 5.43 Å². The van der Waals surface area contributed by atoms with Gasteiger partial charge in [-0.05, 0) is 55.0 Å². The number of hydrogen-bond donors (Lipinski definition) is 2. The molecule has 0 saturated heterocycles. The number of nitrogens with one attached hydrogen (secondary N) is 2. The van der Waals surface area contributed by atoms with E-state index in [4.69, 9.17) is 9.47 Å². The highest BCUT2D eigenvalue weighted by Crippen LogP contribution is 2.16. The Balaban J connectivity index is 1.92. The van der Waals surface area contributed by atoms with Crippen LogP contribution in [0.2, 0.25) is 0 Å². The summed E-state index contributed by atoms with van der Waals surface area (Å²) in [6.07, 6.45) is 2.96. The van der Waals surface area contributed by atoms with Crippen LogP contribution in [-0.4, -0.2) is 37.3 Å². The third-order valence-electron chi connectivity index (χ3n) is 4.53. The van der Waals surface area contributed by atoms with E-state index in [2.05, 4.69) is 15.8 Å². The van der Waals surface area contributed by atoms with Crippen molar-refractivity contribution >= 4 is 18.0 Å². The molecule has 2 amide bonds. The number of carbonyl (C=O) groups excluding carboxylic acids is 2. The minimum Gasteiger partial charge on any atom is -0.494 e. The molecule has 0 aliphatic carbocycles. The average molecular weight is 440 g/mol. The SMILES string of the molecule is CCCOc1cccc(/C=N\NC(=O)[C@@H](CC(C)C)NC(=O)COc2ccccc2C)c1. The van der Waals surface area contributed by atoms with Crippen LogP contribution in [-0.2, 0) is 9.59 Å². The topological polar surface area (TPSA) is 89.0 Å². The Hall–Kier alpha value is -3.35. The van der Waals surface area contributed by atoms with Crippen molar-refractivity contribution in [3.05, 3.63) is 59.7 Å². The summed E-state index contributed by atoms with van der Waals surface area (Å²) in [6.45, 7) is 8.40. The van der Waals surface area contributed by atoms with Crippen LogP contribution < -0.4 is 20.2 Å². The van der Waals surface area contributed by atoms with Gasteiger partial charge in [-0.3, -0.25) is 9.59 Å². The zero-order valence-electron chi connectivity index (χ0n) is 19.3. The molecule has 0 unspecified atom stereocenters. The summed E-state index contributed by atoms with van der Waals surface area (Å²) in [4.78, 5) is 25.0. The van der Waals surface area contributed by atoms with Gasteiger partial charge in [-0.1, -0.05) is 51.1 Å². The lowest BCUT2D eigenvalue weighted by molar-refractivity contribution is -0.130. The third-order valence-corrected chi connectivity index (χ3v) is 4.53. The Morgan fingerprint density at radius 3 is 2.59 bits per heavy atom. The van der Waals surface area contributed by atoms with Crippen LogP contribution in [0.1, 0.15) is 44.7 Å². The number of benzene rings is 2. The monoisotopic (exact) mass is 439 g/mol. The molecule has 0 fully saturated rings. The number of amides is 2. The van der Waals surface area contributed by atoms with Gasteiger partial charge in [-0.15, -0.1) is 0 Å². The van der Waals surface area contributed by atoms with Gasteiger partial charge in [0.05, 0.1) is 12.8 Å². The van der Waals surface area contributed by atoms with Crippen molar-refractivity contribution in [2.24, 2.45) is 11.0 Å². The number of aryl methyl sites for hydroxylation is 1. The Kier molecular flexibility index (Phi) is 10.2. The molecule has 0 heterocycles. The highest BCUT2D eigenvalue weighted by Gasteiger charge is 2.22. The van der Waals surface area contributed by atoms with Crippen molar-refractivity contribution in [1.82, 2.24) is 10.7 Å². The normalized spacial score (nSPS) is 11.9. The van der Waals surface area contributed by atoms with Crippen LogP contribution in [0.15, 0.2) is 53.6 Å². The lowest BCUT2D eigenvalue weighted by Gasteiger charge is -2.19. The summed E-state index contributed by atoms with van der Waals surface area (Å²) in [5.41, 5.74) is 4.26. The first-order chi connectivity index (χ1) is 15.4. The summed E-state index contributed by atoms with van der Waals surface area (Å²) >= 11 is 0. The molecule has 2 aromatic carbocycles. The number of hydrogen-bond acceptors (Lipinski definition) is 5. The lowest BCUT2D eigenvalue weighted by Crippen LogP contribution is -2.47. The van der Waals surface area contributed by atoms with Crippen molar-refractivity contribution in [1.29, 1.82) is 0 Å². The maximum absolute atomic E-state index is 12.6. The number of hydrazone groups is 1. The molecule has 0 aliphatic heterocycles. The van der Waals surface area contributed by atoms with Crippen LogP contribution in [0.5, 0.6) is 11.5 Å². The van der Waals surface area contributed by atoms with Gasteiger partial charge >= 0.3 is 0 Å². The molecule has 0 spiro atoms. The van der Waals surface area contributed by atoms with E-state index < -0.39 is 6.04 Å². The quantitative estimate of drug-likeness (QED) is 0.388. The summed E-state index contributed by atoms with van der Waals surface area (Å²) in [6, 6.07) is 14.2. The zero-order chi connectivity index (χ0) is 23.3. The van der Waals surface area contributed by atoms with Gasteiger partial charge < -0.3 is 14.8 Å². The zero-order valence-corrected chi connectivity index (χ0v) is 19.3. The Morgan fingerprint density at radius 1 is 1.09 bits per heavy atom. The first kappa shape index (κ1) is 24.9. The van der Waals surface area contributed by atoms with E-state index in [0.29, 0.717) is 18.8 Å². The first-order valence-corrected chi connectivity index (χ1v) is 10.9. The van der Waals surface area contributed by atoms with E-state index in [9.17, 15) is 9.59 Å². The largest absolute Gasteiger partial charge is 0.494 e. The maximum atomic E-state index is 12.6. The molecule has 2 N–H and O–H groups in total. The Bertz CT molecular complexity index is 912. The maximum Gasteiger partial charge on any atom is 0.262 e. The van der Waals surface area contributed by atoms with Crippen LogP contribution >= 0.6 is 0 Å². The number of carbonyl (C=O) groups is 2. The van der Waals surface area contributed by atoms with Gasteiger partial charge in [0.15, 0.2) is 6.61 Å². The summed E-state index contributed by atoms with van der Waals surface area (Å²) in [7, 11) is 0. The summed E-state index contributed by atoms with van der Waals surface area (Å²) in [5.74, 6) is 0.860. The summed E-state index contributed by atoms with van der Waals surface area (Å²) in [5, 5.41) is 6.79. The van der Waals surface area contributed by atoms with Crippen LogP contribution in [0.3, 0.4) is 0 Å². The smallest absolute Gasteiger partial charge is 0.262 e. The minimum atomic E-state index is -0.709. The van der Waals surface area contributed by atoms with Gasteiger partial charge in [0, 0.05) is 0 Å². The number of ether oxygens (including phenoxy) is 2. The Labute approximate surface area is 190 Å². The minimum absolute atomic E-state index is 0.166. The van der Waals surface area contributed by atoms with Crippen LogP contribution in [0.25, 0.3) is 0 Å². The first-order valence-electron chi connectivity index (χ1n) is 10.9. The van der Waals surface area contributed by atoms with E-state index in [0.717, 1.165) is 23.3 Å². The van der Waals surface area contributed by atoms with E-state index in [1.54, 1.807) is 12.3 Å². The molecule has 0 radical (unpaired) electrons. The van der Waals surface area contributed by atoms with Crippen molar-refractivity contribution in [2.75, 3.05) is 13.2 Å². The predicted molar refractivity (Wildman–Crippen MR) is 126 cm³/mol. The third kappa shape index (κ3) is 8.79. The van der Waals surface area contributed by atoms with E-state index in [1.165, 1.54) is 0 Å². The van der Waals surface area contributed by atoms with E-state index in [1.807, 2.05) is 70.2 Å². The predicted octanol–water partition coefficient (Wildman–Crippen LogP) is 3.84. The van der Waals surface area contributed by atoms with Gasteiger partial charge in [-0.2, -0.15) is 5.10 Å². The molecule has 1 atom stereocenters. The number of nitrogens with zero attached hydrogens (tertiary/aromatic N) is 1. The van der Waals surface area contributed by atoms with Crippen molar-refractivity contribution in [3.8, 4) is 11.5 Å². The highest BCUT2D eigenvalue weighted by molar-refractivity contribution is 5.89.